The van der Waals surface area contributed by atoms with Crippen LogP contribution in [0.1, 0.15) is 39.5 Å². The molecule has 138 valence electrons. The van der Waals surface area contributed by atoms with Crippen molar-refractivity contribution >= 4 is 11.6 Å². The molecule has 2 aliphatic heterocycles. The van der Waals surface area contributed by atoms with Gasteiger partial charge in [-0.1, -0.05) is 19.9 Å². The van der Waals surface area contributed by atoms with Crippen LogP contribution in [0.3, 0.4) is 0 Å². The molecule has 1 spiro atoms. The minimum Gasteiger partial charge on any atom is -0.377 e. The highest BCUT2D eigenvalue weighted by molar-refractivity contribution is 5.79. The number of methoxy groups -OCH3 is 1. The van der Waals surface area contributed by atoms with Gasteiger partial charge in [0.05, 0.1) is 11.6 Å². The normalized spacial score (nSPS) is 22.4. The third-order valence-corrected chi connectivity index (χ3v) is 6.17. The van der Waals surface area contributed by atoms with Crippen LogP contribution >= 0.6 is 0 Å². The van der Waals surface area contributed by atoms with Gasteiger partial charge in [0.1, 0.15) is 5.82 Å². The summed E-state index contributed by atoms with van der Waals surface area (Å²) < 4.78 is 19.4. The maximum absolute atomic E-state index is 13.6. The molecule has 2 saturated heterocycles. The van der Waals surface area contributed by atoms with Crippen LogP contribution in [0.25, 0.3) is 0 Å². The van der Waals surface area contributed by atoms with Crippen molar-refractivity contribution in [3.8, 4) is 0 Å². The highest BCUT2D eigenvalue weighted by atomic mass is 19.1. The summed E-state index contributed by atoms with van der Waals surface area (Å²) in [4.78, 5) is 16.9. The van der Waals surface area contributed by atoms with E-state index < -0.39 is 0 Å². The van der Waals surface area contributed by atoms with Gasteiger partial charge in [-0.25, -0.2) is 4.39 Å². The van der Waals surface area contributed by atoms with Gasteiger partial charge in [0, 0.05) is 38.3 Å². The molecule has 1 unspecified atom stereocenters. The predicted octanol–water partition coefficient (Wildman–Crippen LogP) is 3.46. The highest BCUT2D eigenvalue weighted by Crippen LogP contribution is 2.44. The van der Waals surface area contributed by atoms with Gasteiger partial charge in [0.2, 0.25) is 5.91 Å². The first kappa shape index (κ1) is 18.2. The summed E-state index contributed by atoms with van der Waals surface area (Å²) in [6.45, 7) is 6.44. The van der Waals surface area contributed by atoms with Crippen molar-refractivity contribution in [2.45, 2.75) is 51.2 Å². The van der Waals surface area contributed by atoms with Gasteiger partial charge in [0.15, 0.2) is 0 Å². The quantitative estimate of drug-likeness (QED) is 0.817. The van der Waals surface area contributed by atoms with Crippen LogP contribution in [0, 0.1) is 11.7 Å². The zero-order valence-electron chi connectivity index (χ0n) is 15.5. The molecule has 5 heteroatoms. The Balaban J connectivity index is 1.73. The maximum atomic E-state index is 13.6. The summed E-state index contributed by atoms with van der Waals surface area (Å²) in [6.07, 6.45) is 3.67. The second-order valence-electron chi connectivity index (χ2n) is 7.26. The van der Waals surface area contributed by atoms with E-state index in [1.807, 2.05) is 11.0 Å². The number of halogens is 1. The maximum Gasteiger partial charge on any atom is 0.225 e. The average Bonchev–Trinajstić information content (AvgIpc) is 2.62. The van der Waals surface area contributed by atoms with Crippen molar-refractivity contribution in [2.24, 2.45) is 5.92 Å². The third-order valence-electron chi connectivity index (χ3n) is 6.17. The highest BCUT2D eigenvalue weighted by Gasteiger charge is 2.55. The molecule has 4 nitrogen and oxygen atoms in total. The number of nitrogens with zero attached hydrogens (tertiary/aromatic N) is 2. The van der Waals surface area contributed by atoms with Gasteiger partial charge in [0.25, 0.3) is 0 Å². The van der Waals surface area contributed by atoms with E-state index in [1.165, 1.54) is 6.07 Å². The molecule has 25 heavy (non-hydrogen) atoms. The Hall–Kier alpha value is -1.62. The number of carbonyl (C=O) groups excluding carboxylic acids is 1. The first-order chi connectivity index (χ1) is 12.1. The smallest absolute Gasteiger partial charge is 0.225 e. The summed E-state index contributed by atoms with van der Waals surface area (Å²) in [7, 11) is 1.75. The van der Waals surface area contributed by atoms with E-state index in [0.29, 0.717) is 0 Å². The zero-order valence-corrected chi connectivity index (χ0v) is 15.5. The lowest BCUT2D eigenvalue weighted by molar-refractivity contribution is -0.139. The summed E-state index contributed by atoms with van der Waals surface area (Å²) in [5.74, 6) is 0.202. The van der Waals surface area contributed by atoms with E-state index in [4.69, 9.17) is 4.74 Å². The molecule has 1 amide bonds. The van der Waals surface area contributed by atoms with Crippen molar-refractivity contribution in [3.63, 3.8) is 0 Å². The van der Waals surface area contributed by atoms with Gasteiger partial charge in [-0.15, -0.1) is 0 Å². The van der Waals surface area contributed by atoms with E-state index in [0.717, 1.165) is 51.0 Å². The Kier molecular flexibility index (Phi) is 5.32. The van der Waals surface area contributed by atoms with Crippen LogP contribution in [0.5, 0.6) is 0 Å². The molecule has 2 fully saturated rings. The van der Waals surface area contributed by atoms with E-state index in [1.54, 1.807) is 19.2 Å². The molecular formula is C20H29FN2O2. The van der Waals surface area contributed by atoms with Crippen LogP contribution in [-0.4, -0.2) is 49.2 Å². The first-order valence-corrected chi connectivity index (χ1v) is 9.40. The Labute approximate surface area is 149 Å². The van der Waals surface area contributed by atoms with Gasteiger partial charge >= 0.3 is 0 Å². The Morgan fingerprint density at radius 2 is 2.00 bits per heavy atom. The molecule has 1 atom stereocenters. The number of piperidine rings is 1. The van der Waals surface area contributed by atoms with Crippen LogP contribution in [-0.2, 0) is 9.53 Å². The SMILES string of the molecule is CCC(CC)C(=O)N1CCC2(CC1)C(OC)CN2c1cccc(F)c1. The molecule has 1 aromatic carbocycles. The van der Waals surface area contributed by atoms with E-state index in [9.17, 15) is 9.18 Å². The number of carbonyl (C=O) groups is 1. The number of hydrogen-bond donors (Lipinski definition) is 0. The molecule has 0 bridgehead atoms. The van der Waals surface area contributed by atoms with Crippen molar-refractivity contribution in [1.29, 1.82) is 0 Å². The molecular weight excluding hydrogens is 319 g/mol. The fraction of sp³-hybridized carbons (Fsp3) is 0.650. The second-order valence-corrected chi connectivity index (χ2v) is 7.26. The molecule has 2 heterocycles. The largest absolute Gasteiger partial charge is 0.377 e. The van der Waals surface area contributed by atoms with Crippen LogP contribution in [0.15, 0.2) is 24.3 Å². The Morgan fingerprint density at radius 1 is 1.32 bits per heavy atom. The number of anilines is 1. The number of likely N-dealkylation sites (tertiary alicyclic amines) is 1. The number of benzene rings is 1. The number of hydrogen-bond acceptors (Lipinski definition) is 3. The topological polar surface area (TPSA) is 32.8 Å². The summed E-state index contributed by atoms with van der Waals surface area (Å²) in [5.41, 5.74) is 0.792. The minimum atomic E-state index is -0.213. The minimum absolute atomic E-state index is 0.118. The molecule has 0 saturated carbocycles. The molecule has 3 rings (SSSR count). The molecule has 1 aromatic rings. The van der Waals surface area contributed by atoms with E-state index in [-0.39, 0.29) is 29.3 Å². The number of rotatable bonds is 5. The van der Waals surface area contributed by atoms with Crippen molar-refractivity contribution < 1.29 is 13.9 Å². The standard InChI is InChI=1S/C20H29FN2O2/c1-4-15(5-2)19(24)22-11-9-20(10-12-22)18(25-3)14-23(20)17-8-6-7-16(21)13-17/h6-8,13,15,18H,4-5,9-12,14H2,1-3H3. The fourth-order valence-electron chi connectivity index (χ4n) is 4.48. The lowest BCUT2D eigenvalue weighted by atomic mass is 9.73. The zero-order chi connectivity index (χ0) is 18.0. The first-order valence-electron chi connectivity index (χ1n) is 9.40. The van der Waals surface area contributed by atoms with Gasteiger partial charge in [-0.2, -0.15) is 0 Å². The predicted molar refractivity (Wildman–Crippen MR) is 97.2 cm³/mol. The third kappa shape index (κ3) is 3.14. The van der Waals surface area contributed by atoms with Gasteiger partial charge in [-0.05, 0) is 43.9 Å². The Bertz CT molecular complexity index is 609. The molecule has 2 aliphatic rings. The van der Waals surface area contributed by atoms with Crippen molar-refractivity contribution in [3.05, 3.63) is 30.1 Å². The number of ether oxygens (including phenoxy) is 1. The van der Waals surface area contributed by atoms with E-state index >= 15 is 0 Å². The fourth-order valence-corrected chi connectivity index (χ4v) is 4.48. The van der Waals surface area contributed by atoms with Gasteiger partial charge in [-0.3, -0.25) is 4.79 Å². The van der Waals surface area contributed by atoms with E-state index in [2.05, 4.69) is 18.7 Å². The second kappa shape index (κ2) is 7.32. The monoisotopic (exact) mass is 348 g/mol. The van der Waals surface area contributed by atoms with Crippen LogP contribution < -0.4 is 4.90 Å². The Morgan fingerprint density at radius 3 is 2.56 bits per heavy atom. The lowest BCUT2D eigenvalue weighted by Gasteiger charge is -2.62. The lowest BCUT2D eigenvalue weighted by Crippen LogP contribution is -2.74. The van der Waals surface area contributed by atoms with Crippen molar-refractivity contribution in [1.82, 2.24) is 4.90 Å². The number of amides is 1. The molecule has 0 radical (unpaired) electrons. The average molecular weight is 348 g/mol. The van der Waals surface area contributed by atoms with Crippen LogP contribution in [0.2, 0.25) is 0 Å². The molecule has 0 N–H and O–H groups in total. The molecule has 0 aliphatic carbocycles. The molecule has 0 aromatic heterocycles. The van der Waals surface area contributed by atoms with Crippen molar-refractivity contribution in [2.75, 3.05) is 31.6 Å². The summed E-state index contributed by atoms with van der Waals surface area (Å²) in [5, 5.41) is 0. The summed E-state index contributed by atoms with van der Waals surface area (Å²) >= 11 is 0. The van der Waals surface area contributed by atoms with Crippen LogP contribution in [0.4, 0.5) is 10.1 Å². The summed E-state index contributed by atoms with van der Waals surface area (Å²) in [6, 6.07) is 6.78. The van der Waals surface area contributed by atoms with Gasteiger partial charge < -0.3 is 14.5 Å².